The third-order valence-electron chi connectivity index (χ3n) is 4.61. The third-order valence-corrected chi connectivity index (χ3v) is 4.61. The largest absolute Gasteiger partial charge is 0.345 e. The number of para-hydroxylation sites is 1. The molecule has 1 aromatic heterocycles. The Morgan fingerprint density at radius 3 is 2.12 bits per heavy atom. The zero-order valence-corrected chi connectivity index (χ0v) is 13.7. The number of amides is 2. The second-order valence-electron chi connectivity index (χ2n) is 6.12. The van der Waals surface area contributed by atoms with Crippen LogP contribution in [0.1, 0.15) is 38.0 Å². The van der Waals surface area contributed by atoms with Crippen LogP contribution in [0.3, 0.4) is 0 Å². The lowest BCUT2D eigenvalue weighted by Crippen LogP contribution is -2.32. The average molecular weight is 332 g/mol. The van der Waals surface area contributed by atoms with Crippen molar-refractivity contribution < 1.29 is 14.4 Å². The number of carbonyl (C=O) groups is 3. The number of hydrogen-bond acceptors (Lipinski definition) is 3. The smallest absolute Gasteiger partial charge is 0.261 e. The first-order chi connectivity index (χ1) is 12.1. The van der Waals surface area contributed by atoms with Crippen LogP contribution in [0.15, 0.2) is 54.7 Å². The van der Waals surface area contributed by atoms with Gasteiger partial charge in [-0.15, -0.1) is 0 Å². The van der Waals surface area contributed by atoms with Crippen molar-refractivity contribution in [3.8, 4) is 0 Å². The molecule has 5 nitrogen and oxygen atoms in total. The van der Waals surface area contributed by atoms with Crippen LogP contribution >= 0.6 is 0 Å². The highest BCUT2D eigenvalue weighted by molar-refractivity contribution is 6.21. The molecule has 0 spiro atoms. The Balaban J connectivity index is 1.63. The number of nitrogens with zero attached hydrogens (tertiary/aromatic N) is 2. The molecule has 0 unspecified atom stereocenters. The second kappa shape index (κ2) is 5.70. The van der Waals surface area contributed by atoms with Crippen molar-refractivity contribution in [3.05, 3.63) is 71.4 Å². The summed E-state index contributed by atoms with van der Waals surface area (Å²) in [6.07, 6.45) is 1.80. The van der Waals surface area contributed by atoms with Crippen molar-refractivity contribution in [1.29, 1.82) is 0 Å². The molecule has 2 amide bonds. The molecule has 1 aliphatic heterocycles. The normalized spacial score (nSPS) is 13.6. The lowest BCUT2D eigenvalue weighted by atomic mass is 10.1. The molecule has 0 saturated heterocycles. The van der Waals surface area contributed by atoms with Gasteiger partial charge in [-0.1, -0.05) is 30.3 Å². The molecule has 0 saturated carbocycles. The van der Waals surface area contributed by atoms with Crippen LogP contribution < -0.4 is 0 Å². The molecule has 124 valence electrons. The highest BCUT2D eigenvalue weighted by atomic mass is 16.2. The number of rotatable bonds is 4. The maximum Gasteiger partial charge on any atom is 0.261 e. The summed E-state index contributed by atoms with van der Waals surface area (Å²) in [5.74, 6) is -0.525. The SMILES string of the molecule is CC(=O)c1cn(CCN2C(=O)c3ccccc3C2=O)c2ccccc12. The van der Waals surface area contributed by atoms with Gasteiger partial charge in [-0.2, -0.15) is 0 Å². The van der Waals surface area contributed by atoms with Crippen LogP contribution in [-0.4, -0.2) is 33.6 Å². The third kappa shape index (κ3) is 2.36. The molecule has 0 fully saturated rings. The zero-order chi connectivity index (χ0) is 17.6. The number of imide groups is 1. The number of hydrogen-bond donors (Lipinski definition) is 0. The van der Waals surface area contributed by atoms with Crippen molar-refractivity contribution in [3.63, 3.8) is 0 Å². The molecule has 1 aliphatic rings. The quantitative estimate of drug-likeness (QED) is 0.545. The first-order valence-electron chi connectivity index (χ1n) is 8.12. The van der Waals surface area contributed by atoms with E-state index in [1.807, 2.05) is 28.8 Å². The Kier molecular flexibility index (Phi) is 3.50. The summed E-state index contributed by atoms with van der Waals surface area (Å²) in [6, 6.07) is 14.5. The average Bonchev–Trinajstić information content (AvgIpc) is 3.11. The number of benzene rings is 2. The van der Waals surface area contributed by atoms with Gasteiger partial charge in [0.2, 0.25) is 0 Å². The van der Waals surface area contributed by atoms with Gasteiger partial charge in [0.1, 0.15) is 0 Å². The van der Waals surface area contributed by atoms with Gasteiger partial charge in [-0.3, -0.25) is 19.3 Å². The van der Waals surface area contributed by atoms with Gasteiger partial charge in [-0.05, 0) is 25.1 Å². The van der Waals surface area contributed by atoms with Gasteiger partial charge in [0.25, 0.3) is 11.8 Å². The van der Waals surface area contributed by atoms with Gasteiger partial charge in [0.15, 0.2) is 5.78 Å². The topological polar surface area (TPSA) is 59.4 Å². The summed E-state index contributed by atoms with van der Waals surface area (Å²) >= 11 is 0. The van der Waals surface area contributed by atoms with Crippen LogP contribution in [0, 0.1) is 0 Å². The van der Waals surface area contributed by atoms with Crippen LogP contribution in [0.4, 0.5) is 0 Å². The van der Waals surface area contributed by atoms with Crippen LogP contribution in [0.5, 0.6) is 0 Å². The fraction of sp³-hybridized carbons (Fsp3) is 0.150. The van der Waals surface area contributed by atoms with Gasteiger partial charge in [0, 0.05) is 35.8 Å². The van der Waals surface area contributed by atoms with Gasteiger partial charge >= 0.3 is 0 Å². The number of aromatic nitrogens is 1. The maximum atomic E-state index is 12.4. The summed E-state index contributed by atoms with van der Waals surface area (Å²) in [4.78, 5) is 38.0. The molecule has 2 aromatic carbocycles. The first kappa shape index (κ1) is 15.3. The van der Waals surface area contributed by atoms with E-state index >= 15 is 0 Å². The summed E-state index contributed by atoms with van der Waals surface area (Å²) in [6.45, 7) is 2.25. The molecule has 0 N–H and O–H groups in total. The minimum absolute atomic E-state index is 0.00400. The molecular weight excluding hydrogens is 316 g/mol. The van der Waals surface area contributed by atoms with E-state index in [4.69, 9.17) is 0 Å². The molecule has 5 heteroatoms. The van der Waals surface area contributed by atoms with Gasteiger partial charge in [0.05, 0.1) is 11.1 Å². The predicted octanol–water partition coefficient (Wildman–Crippen LogP) is 3.14. The van der Waals surface area contributed by atoms with E-state index in [0.29, 0.717) is 23.2 Å². The Morgan fingerprint density at radius 1 is 0.880 bits per heavy atom. The van der Waals surface area contributed by atoms with Crippen LogP contribution in [0.2, 0.25) is 0 Å². The standard InChI is InChI=1S/C20H16N2O3/c1-13(23)17-12-21(18-9-5-4-6-14(17)18)10-11-22-19(24)15-7-2-3-8-16(15)20(22)25/h2-9,12H,10-11H2,1H3. The monoisotopic (exact) mass is 332 g/mol. The lowest BCUT2D eigenvalue weighted by molar-refractivity contribution is 0.0649. The highest BCUT2D eigenvalue weighted by Gasteiger charge is 2.34. The Labute approximate surface area is 144 Å². The predicted molar refractivity (Wildman–Crippen MR) is 93.8 cm³/mol. The zero-order valence-electron chi connectivity index (χ0n) is 13.7. The van der Waals surface area contributed by atoms with E-state index in [9.17, 15) is 14.4 Å². The van der Waals surface area contributed by atoms with E-state index < -0.39 is 0 Å². The van der Waals surface area contributed by atoms with Crippen LogP contribution in [-0.2, 0) is 6.54 Å². The summed E-state index contributed by atoms with van der Waals surface area (Å²) < 4.78 is 1.93. The molecule has 0 radical (unpaired) electrons. The fourth-order valence-corrected chi connectivity index (χ4v) is 3.36. The highest BCUT2D eigenvalue weighted by Crippen LogP contribution is 2.24. The van der Waals surface area contributed by atoms with Gasteiger partial charge < -0.3 is 4.57 Å². The number of Topliss-reactive ketones (excluding diaryl/α,β-unsaturated/α-hetero) is 1. The maximum absolute atomic E-state index is 12.4. The minimum Gasteiger partial charge on any atom is -0.345 e. The van der Waals surface area contributed by atoms with Crippen molar-refractivity contribution in [1.82, 2.24) is 9.47 Å². The molecule has 3 aromatic rings. The molecule has 25 heavy (non-hydrogen) atoms. The number of fused-ring (bicyclic) bond motifs is 2. The van der Waals surface area contributed by atoms with E-state index in [2.05, 4.69) is 0 Å². The Bertz CT molecular complexity index is 997. The molecule has 0 atom stereocenters. The summed E-state index contributed by atoms with van der Waals surface area (Å²) in [5, 5.41) is 0.886. The van der Waals surface area contributed by atoms with Gasteiger partial charge in [-0.25, -0.2) is 0 Å². The first-order valence-corrected chi connectivity index (χ1v) is 8.12. The lowest BCUT2D eigenvalue weighted by Gasteiger charge is -2.14. The molecule has 4 rings (SSSR count). The summed E-state index contributed by atoms with van der Waals surface area (Å²) in [7, 11) is 0. The Hall–Kier alpha value is -3.21. The van der Waals surface area contributed by atoms with E-state index in [1.54, 1.807) is 30.5 Å². The van der Waals surface area contributed by atoms with Crippen molar-refractivity contribution >= 4 is 28.5 Å². The number of ketones is 1. The second-order valence-corrected chi connectivity index (χ2v) is 6.12. The van der Waals surface area contributed by atoms with Crippen LogP contribution in [0.25, 0.3) is 10.9 Å². The summed E-state index contributed by atoms with van der Waals surface area (Å²) in [5.41, 5.74) is 2.48. The van der Waals surface area contributed by atoms with E-state index in [-0.39, 0.29) is 24.1 Å². The number of carbonyl (C=O) groups excluding carboxylic acids is 3. The van der Waals surface area contributed by atoms with E-state index in [0.717, 1.165) is 10.9 Å². The fourth-order valence-electron chi connectivity index (χ4n) is 3.36. The molecule has 2 heterocycles. The molecule has 0 aliphatic carbocycles. The van der Waals surface area contributed by atoms with E-state index in [1.165, 1.54) is 11.8 Å². The Morgan fingerprint density at radius 2 is 1.48 bits per heavy atom. The molecule has 0 bridgehead atoms. The van der Waals surface area contributed by atoms with Crippen molar-refractivity contribution in [2.45, 2.75) is 13.5 Å². The van der Waals surface area contributed by atoms with Crippen molar-refractivity contribution in [2.75, 3.05) is 6.54 Å². The molecular formula is C20H16N2O3. The minimum atomic E-state index is -0.260. The van der Waals surface area contributed by atoms with Crippen molar-refractivity contribution in [2.24, 2.45) is 0 Å².